The molecule has 4 aromatic rings. The molecule has 0 saturated heterocycles. The normalized spacial score (nSPS) is 11.2. The number of benzene rings is 4. The summed E-state index contributed by atoms with van der Waals surface area (Å²) >= 11 is 14.4. The second-order valence-electron chi connectivity index (χ2n) is 9.68. The van der Waals surface area contributed by atoms with E-state index in [4.69, 9.17) is 60.7 Å². The van der Waals surface area contributed by atoms with Crippen molar-refractivity contribution in [1.82, 2.24) is 0 Å². The topological polar surface area (TPSA) is 180 Å². The van der Waals surface area contributed by atoms with Gasteiger partial charge in [0.2, 0.25) is 0 Å². The van der Waals surface area contributed by atoms with Gasteiger partial charge < -0.3 is 20.1 Å². The predicted molar refractivity (Wildman–Crippen MR) is 202 cm³/mol. The standard InChI is InChI=1S/C28H28P2.CHCl3.2CHF3O3S.2H2O.Pt/c1-5-15-25(16-6-1)29(26-17-7-2-8-18-26)23-13-14-24-30(27-19-9-3-10-20-27)28-21-11-4-12-22-28;2-1(3)4;2*2-1(3,4)8(5,6)7;;;/h1-12,15-22H,13-14,23-24H2;1H;2*(H,5,6,7);2*1H2;/q;;;;;;+2/p+2. The van der Waals surface area contributed by atoms with Crippen LogP contribution in [0.15, 0.2) is 121 Å². The van der Waals surface area contributed by atoms with E-state index >= 15 is 0 Å². The molecule has 0 amide bonds. The minimum Gasteiger partial charge on any atom is -0.741 e. The van der Waals surface area contributed by atoms with Gasteiger partial charge in [0.05, 0.1) is 49.4 Å². The Balaban J connectivity index is -0.000000904. The maximum Gasteiger partial charge on any atom is 2.00 e. The summed E-state index contributed by atoms with van der Waals surface area (Å²) in [5.74, 6) is 0. The van der Waals surface area contributed by atoms with Crippen LogP contribution in [0.3, 0.4) is 0 Å². The summed E-state index contributed by atoms with van der Waals surface area (Å²) in [6.45, 7) is 0. The smallest absolute Gasteiger partial charge is 0.741 e. The number of halogens is 9. The molecule has 0 unspecified atom stereocenters. The Labute approximate surface area is 336 Å². The molecular weight excluding hydrogens is 1040 g/mol. The van der Waals surface area contributed by atoms with Gasteiger partial charge in [0.25, 0.3) is 0 Å². The molecule has 0 atom stereocenters. The summed E-state index contributed by atoms with van der Waals surface area (Å²) in [4.78, 5) is 0. The average molecular weight is 1080 g/mol. The molecule has 53 heavy (non-hydrogen) atoms. The van der Waals surface area contributed by atoms with E-state index in [9.17, 15) is 26.3 Å². The minimum atomic E-state index is -6.09. The van der Waals surface area contributed by atoms with Crippen LogP contribution in [0.1, 0.15) is 12.8 Å². The Bertz CT molecular complexity index is 1530. The zero-order valence-electron chi connectivity index (χ0n) is 27.1. The zero-order chi connectivity index (χ0) is 38.0. The van der Waals surface area contributed by atoms with Gasteiger partial charge in [0.15, 0.2) is 24.5 Å². The second kappa shape index (κ2) is 27.3. The first-order valence-electron chi connectivity index (χ1n) is 14.0. The van der Waals surface area contributed by atoms with Crippen LogP contribution in [-0.4, -0.2) is 53.6 Å². The molecule has 300 valence electrons. The molecule has 4 rings (SSSR count). The molecule has 0 aromatic heterocycles. The Morgan fingerprint density at radius 3 is 0.774 bits per heavy atom. The molecule has 8 nitrogen and oxygen atoms in total. The fourth-order valence-electron chi connectivity index (χ4n) is 4.07. The molecule has 6 N–H and O–H groups in total. The van der Waals surface area contributed by atoms with Crippen LogP contribution in [0.5, 0.6) is 0 Å². The van der Waals surface area contributed by atoms with Gasteiger partial charge in [0.1, 0.15) is 0 Å². The van der Waals surface area contributed by atoms with Crippen molar-refractivity contribution in [1.29, 1.82) is 0 Å². The molecule has 0 aliphatic carbocycles. The van der Waals surface area contributed by atoms with Crippen LogP contribution in [0, 0.1) is 0 Å². The fourth-order valence-corrected chi connectivity index (χ4v) is 9.48. The summed E-state index contributed by atoms with van der Waals surface area (Å²) in [7, 11) is -13.6. The first kappa shape index (κ1) is 56.0. The van der Waals surface area contributed by atoms with Crippen molar-refractivity contribution in [3.63, 3.8) is 0 Å². The van der Waals surface area contributed by atoms with Crippen molar-refractivity contribution < 1.29 is 84.3 Å². The molecular formula is C31H37Cl3F6O8P2PtS2+4. The molecule has 0 aliphatic heterocycles. The van der Waals surface area contributed by atoms with Crippen LogP contribution in [0.2, 0.25) is 0 Å². The molecule has 0 radical (unpaired) electrons. The third-order valence-corrected chi connectivity index (χ3v) is 13.1. The van der Waals surface area contributed by atoms with Crippen LogP contribution in [-0.2, 0) is 52.3 Å². The molecule has 4 aromatic carbocycles. The predicted octanol–water partition coefficient (Wildman–Crippen LogP) is 5.74. The van der Waals surface area contributed by atoms with Crippen molar-refractivity contribution in [2.24, 2.45) is 0 Å². The maximum absolute atomic E-state index is 10.7. The van der Waals surface area contributed by atoms with Gasteiger partial charge in [-0.2, -0.15) is 26.3 Å². The first-order valence-corrected chi connectivity index (χ1v) is 21.6. The monoisotopic (exact) mass is 1080 g/mol. The molecule has 0 fully saturated rings. The number of hydrogen-bond donors (Lipinski definition) is 0. The van der Waals surface area contributed by atoms with Crippen molar-refractivity contribution in [3.8, 4) is 0 Å². The Kier molecular flexibility index (Phi) is 28.8. The van der Waals surface area contributed by atoms with Crippen molar-refractivity contribution in [3.05, 3.63) is 121 Å². The van der Waals surface area contributed by atoms with Crippen LogP contribution < -0.4 is 21.2 Å². The third kappa shape index (κ3) is 23.3. The SMILES string of the molecule is ClC(Cl)Cl.O=S(=O)([O-])C(F)(F)F.O=S(=O)([O-])C(F)(F)F.[OH3+].[OH3+].[Pt+2].c1ccc([PH+](CCCC[PH+](c2ccccc2)c2ccccc2)c2ccccc2)cc1. The van der Waals surface area contributed by atoms with Gasteiger partial charge in [0, 0.05) is 0 Å². The Hall–Kier alpha value is -1.38. The zero-order valence-corrected chi connectivity index (χ0v) is 35.3. The minimum absolute atomic E-state index is 0. The third-order valence-electron chi connectivity index (χ3n) is 6.16. The van der Waals surface area contributed by atoms with Gasteiger partial charge >= 0.3 is 32.1 Å². The number of unbranched alkanes of at least 4 members (excludes halogenated alkanes) is 1. The van der Waals surface area contributed by atoms with E-state index in [0.717, 1.165) is 0 Å². The second-order valence-corrected chi connectivity index (χ2v) is 19.6. The molecule has 0 aliphatic rings. The summed E-state index contributed by atoms with van der Waals surface area (Å²) in [5.41, 5.74) is -11.3. The summed E-state index contributed by atoms with van der Waals surface area (Å²) in [5, 5.41) is 6.13. The van der Waals surface area contributed by atoms with Crippen LogP contribution >= 0.6 is 50.6 Å². The summed E-state index contributed by atoms with van der Waals surface area (Å²) in [6.07, 6.45) is 5.20. The van der Waals surface area contributed by atoms with Gasteiger partial charge in [-0.05, 0) is 61.4 Å². The maximum atomic E-state index is 10.7. The molecule has 0 spiro atoms. The van der Waals surface area contributed by atoms with Gasteiger partial charge in [-0.25, -0.2) is 16.8 Å². The first-order chi connectivity index (χ1) is 23.1. The van der Waals surface area contributed by atoms with E-state index < -0.39 is 51.4 Å². The van der Waals surface area contributed by atoms with E-state index in [2.05, 4.69) is 121 Å². The Morgan fingerprint density at radius 2 is 0.642 bits per heavy atom. The molecule has 0 heterocycles. The summed E-state index contributed by atoms with van der Waals surface area (Å²) < 4.78 is 117. The van der Waals surface area contributed by atoms with Crippen LogP contribution in [0.25, 0.3) is 0 Å². The number of alkyl halides is 9. The average Bonchev–Trinajstić information content (AvgIpc) is 3.03. The van der Waals surface area contributed by atoms with Gasteiger partial charge in [-0.15, -0.1) is 0 Å². The number of rotatable bonds is 9. The number of hydrogen-bond acceptors (Lipinski definition) is 6. The van der Waals surface area contributed by atoms with E-state index in [1.165, 1.54) is 46.4 Å². The largest absolute Gasteiger partial charge is 2.00 e. The van der Waals surface area contributed by atoms with Gasteiger partial charge in [-0.3, -0.25) is 0 Å². The quantitative estimate of drug-likeness (QED) is 0.0392. The summed E-state index contributed by atoms with van der Waals surface area (Å²) in [6, 6.07) is 44.6. The van der Waals surface area contributed by atoms with E-state index in [1.807, 2.05) is 0 Å². The van der Waals surface area contributed by atoms with E-state index in [1.54, 1.807) is 0 Å². The van der Waals surface area contributed by atoms with Crippen molar-refractivity contribution in [2.45, 2.75) is 28.2 Å². The van der Waals surface area contributed by atoms with E-state index in [0.29, 0.717) is 0 Å². The molecule has 0 saturated carbocycles. The molecule has 22 heteroatoms. The van der Waals surface area contributed by atoms with E-state index in [-0.39, 0.29) is 32.0 Å². The van der Waals surface area contributed by atoms with Crippen molar-refractivity contribution in [2.75, 3.05) is 12.3 Å². The van der Waals surface area contributed by atoms with Gasteiger partial charge in [-0.1, -0.05) is 108 Å². The molecule has 0 bridgehead atoms. The Morgan fingerprint density at radius 1 is 0.491 bits per heavy atom. The van der Waals surface area contributed by atoms with Crippen LogP contribution in [0.4, 0.5) is 26.3 Å². The fraction of sp³-hybridized carbons (Fsp3) is 0.226. The van der Waals surface area contributed by atoms with Crippen molar-refractivity contribution >= 4 is 92.1 Å².